The molecule has 130 valence electrons. The Bertz CT molecular complexity index is 755. The fraction of sp³-hybridized carbons (Fsp3) is 0.562. The molecule has 0 radical (unpaired) electrons. The Morgan fingerprint density at radius 3 is 2.92 bits per heavy atom. The smallest absolute Gasteiger partial charge is 0.293 e. The van der Waals surface area contributed by atoms with Crippen molar-refractivity contribution >= 4 is 18.2 Å². The van der Waals surface area contributed by atoms with Crippen LogP contribution in [0.5, 0.6) is 0 Å². The fourth-order valence-electron chi connectivity index (χ4n) is 3.41. The summed E-state index contributed by atoms with van der Waals surface area (Å²) >= 11 is 0. The number of rotatable bonds is 2. The zero-order chi connectivity index (χ0) is 16.0. The molecule has 1 atom stereocenters. The first-order chi connectivity index (χ1) is 11.1. The van der Waals surface area contributed by atoms with Crippen molar-refractivity contribution in [1.29, 1.82) is 0 Å². The molecule has 2 aliphatic rings. The van der Waals surface area contributed by atoms with Crippen LogP contribution in [0.2, 0.25) is 0 Å². The minimum absolute atomic E-state index is 0. The highest BCUT2D eigenvalue weighted by Gasteiger charge is 2.30. The van der Waals surface area contributed by atoms with E-state index in [2.05, 4.69) is 27.4 Å². The Morgan fingerprint density at radius 2 is 2.17 bits per heavy atom. The molecule has 8 heteroatoms. The Balaban J connectivity index is 0.00000169. The van der Waals surface area contributed by atoms with E-state index in [0.29, 0.717) is 29.5 Å². The second-order valence-electron chi connectivity index (χ2n) is 6.29. The second-order valence-corrected chi connectivity index (χ2v) is 6.29. The van der Waals surface area contributed by atoms with Gasteiger partial charge in [0, 0.05) is 38.0 Å². The molecule has 0 aromatic carbocycles. The van der Waals surface area contributed by atoms with Crippen LogP contribution < -0.4 is 5.32 Å². The molecule has 1 aliphatic carbocycles. The third kappa shape index (κ3) is 2.76. The van der Waals surface area contributed by atoms with Crippen molar-refractivity contribution in [2.75, 3.05) is 26.7 Å². The molecule has 4 rings (SSSR count). The van der Waals surface area contributed by atoms with Gasteiger partial charge in [0.1, 0.15) is 5.76 Å². The van der Waals surface area contributed by atoms with E-state index in [0.717, 1.165) is 43.8 Å². The SMILES string of the molecule is Cc1c(-c2nc(C3CNCCN3C)no2)oc2c1C(=O)CCC2.Cl. The molecule has 0 spiro atoms. The first-order valence-corrected chi connectivity index (χ1v) is 8.05. The van der Waals surface area contributed by atoms with Gasteiger partial charge in [-0.3, -0.25) is 9.69 Å². The molecule has 0 saturated carbocycles. The number of aromatic nitrogens is 2. The zero-order valence-electron chi connectivity index (χ0n) is 13.8. The normalized spacial score (nSPS) is 21.4. The van der Waals surface area contributed by atoms with Crippen LogP contribution in [0.3, 0.4) is 0 Å². The largest absolute Gasteiger partial charge is 0.455 e. The third-order valence-corrected chi connectivity index (χ3v) is 4.75. The average molecular weight is 353 g/mol. The number of hydrogen-bond donors (Lipinski definition) is 1. The lowest BCUT2D eigenvalue weighted by molar-refractivity contribution is 0.0969. The van der Waals surface area contributed by atoms with Crippen LogP contribution in [0.25, 0.3) is 11.7 Å². The minimum atomic E-state index is 0. The maximum absolute atomic E-state index is 12.1. The summed E-state index contributed by atoms with van der Waals surface area (Å²) in [7, 11) is 2.05. The average Bonchev–Trinajstić information content (AvgIpc) is 3.13. The van der Waals surface area contributed by atoms with Crippen LogP contribution in [0.1, 0.15) is 46.4 Å². The van der Waals surface area contributed by atoms with Crippen LogP contribution in [0.4, 0.5) is 0 Å². The van der Waals surface area contributed by atoms with Crippen molar-refractivity contribution in [3.05, 3.63) is 22.7 Å². The molecule has 7 nitrogen and oxygen atoms in total. The number of aryl methyl sites for hydroxylation is 1. The molecule has 1 aliphatic heterocycles. The Kier molecular flexibility index (Phi) is 4.76. The quantitative estimate of drug-likeness (QED) is 0.886. The summed E-state index contributed by atoms with van der Waals surface area (Å²) in [6, 6.07) is 0.0905. The van der Waals surface area contributed by atoms with Crippen molar-refractivity contribution in [2.45, 2.75) is 32.2 Å². The van der Waals surface area contributed by atoms with Crippen LogP contribution in [-0.4, -0.2) is 47.5 Å². The summed E-state index contributed by atoms with van der Waals surface area (Å²) in [5.41, 5.74) is 1.53. The Labute approximate surface area is 146 Å². The topological polar surface area (TPSA) is 84.4 Å². The summed E-state index contributed by atoms with van der Waals surface area (Å²) in [6.07, 6.45) is 2.21. The molecule has 24 heavy (non-hydrogen) atoms. The second kappa shape index (κ2) is 6.66. The summed E-state index contributed by atoms with van der Waals surface area (Å²) in [4.78, 5) is 18.8. The van der Waals surface area contributed by atoms with Crippen LogP contribution >= 0.6 is 12.4 Å². The predicted molar refractivity (Wildman–Crippen MR) is 89.5 cm³/mol. The number of nitrogens with one attached hydrogen (secondary N) is 1. The first kappa shape index (κ1) is 17.1. The lowest BCUT2D eigenvalue weighted by Crippen LogP contribution is -2.44. The van der Waals surface area contributed by atoms with E-state index in [-0.39, 0.29) is 24.2 Å². The number of hydrogen-bond acceptors (Lipinski definition) is 7. The number of nitrogens with zero attached hydrogens (tertiary/aromatic N) is 3. The number of furan rings is 1. The van der Waals surface area contributed by atoms with Gasteiger partial charge in [0.25, 0.3) is 5.89 Å². The monoisotopic (exact) mass is 352 g/mol. The molecule has 1 fully saturated rings. The number of likely N-dealkylation sites (N-methyl/N-ethyl adjacent to an activating group) is 1. The van der Waals surface area contributed by atoms with Crippen molar-refractivity contribution in [1.82, 2.24) is 20.4 Å². The predicted octanol–water partition coefficient (Wildman–Crippen LogP) is 2.15. The van der Waals surface area contributed by atoms with Crippen molar-refractivity contribution in [2.24, 2.45) is 0 Å². The number of carbonyl (C=O) groups is 1. The van der Waals surface area contributed by atoms with Crippen molar-refractivity contribution in [3.8, 4) is 11.7 Å². The van der Waals surface area contributed by atoms with Crippen LogP contribution in [-0.2, 0) is 6.42 Å². The van der Waals surface area contributed by atoms with Gasteiger partial charge in [-0.1, -0.05) is 5.16 Å². The van der Waals surface area contributed by atoms with Gasteiger partial charge >= 0.3 is 0 Å². The van der Waals surface area contributed by atoms with Crippen LogP contribution in [0, 0.1) is 6.92 Å². The first-order valence-electron chi connectivity index (χ1n) is 8.05. The molecule has 0 amide bonds. The molecule has 1 saturated heterocycles. The summed E-state index contributed by atoms with van der Waals surface area (Å²) in [5, 5.41) is 7.46. The lowest BCUT2D eigenvalue weighted by atomic mass is 9.94. The van der Waals surface area contributed by atoms with Gasteiger partial charge in [0.2, 0.25) is 0 Å². The number of halogens is 1. The van der Waals surface area contributed by atoms with Crippen molar-refractivity contribution < 1.29 is 13.7 Å². The number of ketones is 1. The highest BCUT2D eigenvalue weighted by atomic mass is 35.5. The maximum atomic E-state index is 12.1. The minimum Gasteiger partial charge on any atom is -0.455 e. The Hall–Kier alpha value is -1.70. The number of fused-ring (bicyclic) bond motifs is 1. The molecular formula is C16H21ClN4O3. The summed E-state index contributed by atoms with van der Waals surface area (Å²) in [5.74, 6) is 2.45. The van der Waals surface area contributed by atoms with Gasteiger partial charge in [-0.2, -0.15) is 4.98 Å². The van der Waals surface area contributed by atoms with E-state index in [1.807, 2.05) is 6.92 Å². The van der Waals surface area contributed by atoms with E-state index in [1.165, 1.54) is 0 Å². The third-order valence-electron chi connectivity index (χ3n) is 4.75. The van der Waals surface area contributed by atoms with Gasteiger partial charge < -0.3 is 14.3 Å². The molecular weight excluding hydrogens is 332 g/mol. The number of Topliss-reactive ketones (excluding diaryl/α,β-unsaturated/α-hetero) is 1. The summed E-state index contributed by atoms with van der Waals surface area (Å²) in [6.45, 7) is 4.58. The van der Waals surface area contributed by atoms with E-state index in [9.17, 15) is 4.79 Å². The zero-order valence-corrected chi connectivity index (χ0v) is 14.6. The van der Waals surface area contributed by atoms with E-state index >= 15 is 0 Å². The highest BCUT2D eigenvalue weighted by molar-refractivity contribution is 6.00. The van der Waals surface area contributed by atoms with E-state index < -0.39 is 0 Å². The molecule has 2 aromatic heterocycles. The summed E-state index contributed by atoms with van der Waals surface area (Å²) < 4.78 is 11.3. The van der Waals surface area contributed by atoms with E-state index in [4.69, 9.17) is 8.94 Å². The molecule has 3 heterocycles. The van der Waals surface area contributed by atoms with Crippen molar-refractivity contribution in [3.63, 3.8) is 0 Å². The molecule has 2 aromatic rings. The number of piperazine rings is 1. The molecule has 0 bridgehead atoms. The highest BCUT2D eigenvalue weighted by Crippen LogP contribution is 2.35. The lowest BCUT2D eigenvalue weighted by Gasteiger charge is -2.30. The van der Waals surface area contributed by atoms with Gasteiger partial charge in [-0.25, -0.2) is 0 Å². The van der Waals surface area contributed by atoms with Gasteiger partial charge in [-0.05, 0) is 20.4 Å². The van der Waals surface area contributed by atoms with Gasteiger partial charge in [0.15, 0.2) is 17.4 Å². The Morgan fingerprint density at radius 1 is 1.33 bits per heavy atom. The van der Waals surface area contributed by atoms with E-state index in [1.54, 1.807) is 0 Å². The van der Waals surface area contributed by atoms with Gasteiger partial charge in [-0.15, -0.1) is 12.4 Å². The maximum Gasteiger partial charge on any atom is 0.293 e. The number of carbonyl (C=O) groups excluding carboxylic acids is 1. The molecule has 1 N–H and O–H groups in total. The van der Waals surface area contributed by atoms with Crippen LogP contribution in [0.15, 0.2) is 8.94 Å². The fourth-order valence-corrected chi connectivity index (χ4v) is 3.41. The standard InChI is InChI=1S/C16H20N4O3.ClH/c1-9-13-11(21)4-3-5-12(13)22-14(9)16-18-15(19-23-16)10-8-17-6-7-20(10)2;/h10,17H,3-8H2,1-2H3;1H. The molecule has 1 unspecified atom stereocenters. The van der Waals surface area contributed by atoms with Gasteiger partial charge in [0.05, 0.1) is 11.6 Å².